The SMILES string of the molecule is Cc1cccc2nc(C3(C)CCNC3)n(C)c12. The van der Waals surface area contributed by atoms with Gasteiger partial charge in [-0.05, 0) is 31.5 Å². The Hall–Kier alpha value is -1.35. The lowest BCUT2D eigenvalue weighted by Gasteiger charge is -2.22. The monoisotopic (exact) mass is 229 g/mol. The number of hydrogen-bond donors (Lipinski definition) is 1. The molecule has 3 rings (SSSR count). The van der Waals surface area contributed by atoms with E-state index >= 15 is 0 Å². The molecule has 2 heterocycles. The van der Waals surface area contributed by atoms with Crippen molar-refractivity contribution in [1.82, 2.24) is 14.9 Å². The fourth-order valence-corrected chi connectivity index (χ4v) is 3.01. The van der Waals surface area contributed by atoms with E-state index in [1.807, 2.05) is 0 Å². The van der Waals surface area contributed by atoms with E-state index in [0.717, 1.165) is 18.6 Å². The van der Waals surface area contributed by atoms with Crippen molar-refractivity contribution in [2.24, 2.45) is 7.05 Å². The number of nitrogens with one attached hydrogen (secondary N) is 1. The second-order valence-electron chi connectivity index (χ2n) is 5.42. The van der Waals surface area contributed by atoms with Crippen LogP contribution in [0.4, 0.5) is 0 Å². The van der Waals surface area contributed by atoms with Gasteiger partial charge in [0.1, 0.15) is 5.82 Å². The number of para-hydroxylation sites is 1. The number of rotatable bonds is 1. The number of benzene rings is 1. The number of imidazole rings is 1. The van der Waals surface area contributed by atoms with Gasteiger partial charge in [-0.15, -0.1) is 0 Å². The van der Waals surface area contributed by atoms with E-state index in [2.05, 4.69) is 49.0 Å². The summed E-state index contributed by atoms with van der Waals surface area (Å²) in [5.74, 6) is 1.21. The number of fused-ring (bicyclic) bond motifs is 1. The highest BCUT2D eigenvalue weighted by Crippen LogP contribution is 2.32. The minimum absolute atomic E-state index is 0.181. The van der Waals surface area contributed by atoms with Crippen LogP contribution in [-0.4, -0.2) is 22.6 Å². The van der Waals surface area contributed by atoms with E-state index in [1.54, 1.807) is 0 Å². The van der Waals surface area contributed by atoms with Crippen LogP contribution in [0.2, 0.25) is 0 Å². The summed E-state index contributed by atoms with van der Waals surface area (Å²) in [6, 6.07) is 6.35. The third-order valence-electron chi connectivity index (χ3n) is 4.00. The van der Waals surface area contributed by atoms with Crippen LogP contribution in [0.1, 0.15) is 24.7 Å². The molecule has 90 valence electrons. The van der Waals surface area contributed by atoms with Crippen molar-refractivity contribution in [3.63, 3.8) is 0 Å². The van der Waals surface area contributed by atoms with Crippen molar-refractivity contribution in [3.8, 4) is 0 Å². The smallest absolute Gasteiger partial charge is 0.116 e. The molecule has 1 saturated heterocycles. The molecule has 1 N–H and O–H groups in total. The van der Waals surface area contributed by atoms with Gasteiger partial charge < -0.3 is 9.88 Å². The molecule has 1 aromatic carbocycles. The van der Waals surface area contributed by atoms with Gasteiger partial charge in [-0.1, -0.05) is 19.1 Å². The summed E-state index contributed by atoms with van der Waals surface area (Å²) in [6.45, 7) is 6.59. The zero-order valence-electron chi connectivity index (χ0n) is 10.7. The van der Waals surface area contributed by atoms with Crippen LogP contribution in [0, 0.1) is 6.92 Å². The normalized spacial score (nSPS) is 24.6. The first-order valence-electron chi connectivity index (χ1n) is 6.25. The maximum atomic E-state index is 4.85. The van der Waals surface area contributed by atoms with Crippen LogP contribution in [0.3, 0.4) is 0 Å². The highest BCUT2D eigenvalue weighted by Gasteiger charge is 2.34. The Morgan fingerprint density at radius 1 is 1.41 bits per heavy atom. The Morgan fingerprint density at radius 3 is 2.88 bits per heavy atom. The van der Waals surface area contributed by atoms with Gasteiger partial charge >= 0.3 is 0 Å². The highest BCUT2D eigenvalue weighted by atomic mass is 15.1. The molecular weight excluding hydrogens is 210 g/mol. The molecule has 2 aromatic rings. The molecule has 0 spiro atoms. The lowest BCUT2D eigenvalue weighted by atomic mass is 9.89. The van der Waals surface area contributed by atoms with Gasteiger partial charge in [-0.25, -0.2) is 4.98 Å². The average molecular weight is 229 g/mol. The average Bonchev–Trinajstić information content (AvgIpc) is 2.86. The van der Waals surface area contributed by atoms with Crippen LogP contribution < -0.4 is 5.32 Å². The Morgan fingerprint density at radius 2 is 2.24 bits per heavy atom. The zero-order valence-corrected chi connectivity index (χ0v) is 10.7. The van der Waals surface area contributed by atoms with Crippen molar-refractivity contribution in [2.75, 3.05) is 13.1 Å². The van der Waals surface area contributed by atoms with Gasteiger partial charge in [0.15, 0.2) is 0 Å². The van der Waals surface area contributed by atoms with Crippen molar-refractivity contribution >= 4 is 11.0 Å². The molecule has 1 aliphatic heterocycles. The fraction of sp³-hybridized carbons (Fsp3) is 0.500. The third-order valence-corrected chi connectivity index (χ3v) is 4.00. The lowest BCUT2D eigenvalue weighted by Crippen LogP contribution is -2.28. The van der Waals surface area contributed by atoms with Gasteiger partial charge in [0.05, 0.1) is 11.0 Å². The largest absolute Gasteiger partial charge is 0.330 e. The van der Waals surface area contributed by atoms with Gasteiger partial charge in [-0.3, -0.25) is 0 Å². The van der Waals surface area contributed by atoms with Crippen LogP contribution in [0.25, 0.3) is 11.0 Å². The third kappa shape index (κ3) is 1.49. The first-order valence-corrected chi connectivity index (χ1v) is 6.25. The first-order chi connectivity index (χ1) is 8.12. The van der Waals surface area contributed by atoms with Crippen LogP contribution in [0.5, 0.6) is 0 Å². The zero-order chi connectivity index (χ0) is 12.0. The summed E-state index contributed by atoms with van der Waals surface area (Å²) in [6.07, 6.45) is 1.17. The maximum Gasteiger partial charge on any atom is 0.116 e. The van der Waals surface area contributed by atoms with Crippen molar-refractivity contribution < 1.29 is 0 Å². The molecule has 0 bridgehead atoms. The van der Waals surface area contributed by atoms with E-state index in [9.17, 15) is 0 Å². The Bertz CT molecular complexity index is 562. The number of hydrogen-bond acceptors (Lipinski definition) is 2. The van der Waals surface area contributed by atoms with Crippen LogP contribution in [-0.2, 0) is 12.5 Å². The van der Waals surface area contributed by atoms with Gasteiger partial charge in [-0.2, -0.15) is 0 Å². The molecule has 0 amide bonds. The molecule has 3 heteroatoms. The molecule has 0 aliphatic carbocycles. The predicted molar refractivity (Wildman–Crippen MR) is 70.3 cm³/mol. The molecule has 1 aliphatic rings. The van der Waals surface area contributed by atoms with E-state index in [0.29, 0.717) is 0 Å². The fourth-order valence-electron chi connectivity index (χ4n) is 3.01. The second-order valence-corrected chi connectivity index (χ2v) is 5.42. The first kappa shape index (κ1) is 10.8. The second kappa shape index (κ2) is 3.57. The van der Waals surface area contributed by atoms with E-state index in [-0.39, 0.29) is 5.41 Å². The number of aryl methyl sites for hydroxylation is 2. The molecular formula is C14H19N3. The molecule has 1 atom stereocenters. The molecule has 0 saturated carbocycles. The predicted octanol–water partition coefficient (Wildman–Crippen LogP) is 2.13. The molecule has 17 heavy (non-hydrogen) atoms. The maximum absolute atomic E-state index is 4.85. The Balaban J connectivity index is 2.24. The molecule has 1 unspecified atom stereocenters. The summed E-state index contributed by atoms with van der Waals surface area (Å²) in [5.41, 5.74) is 3.88. The van der Waals surface area contributed by atoms with Gasteiger partial charge in [0.25, 0.3) is 0 Å². The van der Waals surface area contributed by atoms with Gasteiger partial charge in [0.2, 0.25) is 0 Å². The quantitative estimate of drug-likeness (QED) is 0.812. The minimum atomic E-state index is 0.181. The number of nitrogens with zero attached hydrogens (tertiary/aromatic N) is 2. The van der Waals surface area contributed by atoms with Crippen molar-refractivity contribution in [3.05, 3.63) is 29.6 Å². The van der Waals surface area contributed by atoms with Crippen molar-refractivity contribution in [2.45, 2.75) is 25.7 Å². The van der Waals surface area contributed by atoms with Gasteiger partial charge in [0, 0.05) is 19.0 Å². The summed E-state index contributed by atoms with van der Waals surface area (Å²) >= 11 is 0. The van der Waals surface area contributed by atoms with E-state index < -0.39 is 0 Å². The van der Waals surface area contributed by atoms with Crippen LogP contribution in [0.15, 0.2) is 18.2 Å². The highest BCUT2D eigenvalue weighted by molar-refractivity contribution is 5.79. The number of aromatic nitrogens is 2. The molecule has 0 radical (unpaired) electrons. The topological polar surface area (TPSA) is 29.9 Å². The minimum Gasteiger partial charge on any atom is -0.330 e. The lowest BCUT2D eigenvalue weighted by molar-refractivity contribution is 0.475. The summed E-state index contributed by atoms with van der Waals surface area (Å²) in [5, 5.41) is 3.44. The molecule has 1 fully saturated rings. The van der Waals surface area contributed by atoms with Crippen LogP contribution >= 0.6 is 0 Å². The summed E-state index contributed by atoms with van der Waals surface area (Å²) < 4.78 is 2.28. The Labute approximate surface area is 102 Å². The molecule has 1 aromatic heterocycles. The van der Waals surface area contributed by atoms with E-state index in [4.69, 9.17) is 4.98 Å². The van der Waals surface area contributed by atoms with Crippen molar-refractivity contribution in [1.29, 1.82) is 0 Å². The summed E-state index contributed by atoms with van der Waals surface area (Å²) in [4.78, 5) is 4.85. The Kier molecular flexibility index (Phi) is 2.26. The van der Waals surface area contributed by atoms with E-state index in [1.165, 1.54) is 23.3 Å². The summed E-state index contributed by atoms with van der Waals surface area (Å²) in [7, 11) is 2.14. The standard InChI is InChI=1S/C14H19N3/c1-10-5-4-6-11-12(10)17(3)13(16-11)14(2)7-8-15-9-14/h4-6,15H,7-9H2,1-3H3. The molecule has 3 nitrogen and oxygen atoms in total.